The van der Waals surface area contributed by atoms with Crippen LogP contribution < -0.4 is 10.6 Å². The first-order chi connectivity index (χ1) is 12.1. The highest BCUT2D eigenvalue weighted by Crippen LogP contribution is 2.12. The second kappa shape index (κ2) is 7.51. The van der Waals surface area contributed by atoms with Gasteiger partial charge in [-0.1, -0.05) is 5.21 Å². The van der Waals surface area contributed by atoms with Crippen LogP contribution in [0, 0.1) is 0 Å². The van der Waals surface area contributed by atoms with E-state index >= 15 is 0 Å². The molecule has 0 saturated heterocycles. The van der Waals surface area contributed by atoms with Crippen molar-refractivity contribution >= 4 is 11.8 Å². The molecule has 25 heavy (non-hydrogen) atoms. The minimum Gasteiger partial charge on any atom is -0.337 e. The number of carbonyl (C=O) groups is 1. The fourth-order valence-corrected chi connectivity index (χ4v) is 2.07. The highest BCUT2D eigenvalue weighted by molar-refractivity contribution is 5.87. The van der Waals surface area contributed by atoms with Gasteiger partial charge >= 0.3 is 6.03 Å². The van der Waals surface area contributed by atoms with Gasteiger partial charge in [-0.3, -0.25) is 15.4 Å². The lowest BCUT2D eigenvalue weighted by molar-refractivity contribution is 0.252. The Hall–Kier alpha value is -3.30. The summed E-state index contributed by atoms with van der Waals surface area (Å²) < 4.78 is 1.67. The number of H-pyrrole nitrogens is 1. The minimum atomic E-state index is -0.345. The molecular formula is C15H19N9O. The SMILES string of the molecule is CC(C)n1cc(NC(=O)NCCc2nc(-c3cccnc3)n[nH]2)nn1. The molecule has 0 aliphatic carbocycles. The van der Waals surface area contributed by atoms with Gasteiger partial charge in [0.15, 0.2) is 11.6 Å². The number of aromatic amines is 1. The third-order valence-electron chi connectivity index (χ3n) is 3.38. The summed E-state index contributed by atoms with van der Waals surface area (Å²) in [5, 5.41) is 20.2. The third-order valence-corrected chi connectivity index (χ3v) is 3.38. The van der Waals surface area contributed by atoms with Gasteiger partial charge in [0, 0.05) is 37.0 Å². The van der Waals surface area contributed by atoms with Crippen molar-refractivity contribution in [1.82, 2.24) is 40.5 Å². The van der Waals surface area contributed by atoms with E-state index in [1.165, 1.54) is 0 Å². The second-order valence-corrected chi connectivity index (χ2v) is 5.66. The summed E-state index contributed by atoms with van der Waals surface area (Å²) in [6.45, 7) is 4.37. The molecule has 0 aliphatic heterocycles. The van der Waals surface area contributed by atoms with Crippen LogP contribution in [0.5, 0.6) is 0 Å². The molecule has 0 unspecified atom stereocenters. The van der Waals surface area contributed by atoms with E-state index in [-0.39, 0.29) is 12.1 Å². The average molecular weight is 341 g/mol. The summed E-state index contributed by atoms with van der Waals surface area (Å²) >= 11 is 0. The summed E-state index contributed by atoms with van der Waals surface area (Å²) in [5.74, 6) is 1.67. The Balaban J connectivity index is 1.46. The second-order valence-electron chi connectivity index (χ2n) is 5.66. The average Bonchev–Trinajstić information content (AvgIpc) is 3.25. The molecule has 0 aliphatic rings. The molecule has 10 nitrogen and oxygen atoms in total. The van der Waals surface area contributed by atoms with E-state index in [4.69, 9.17) is 0 Å². The van der Waals surface area contributed by atoms with Crippen LogP contribution in [0.25, 0.3) is 11.4 Å². The number of amides is 2. The zero-order chi connectivity index (χ0) is 17.6. The fourth-order valence-electron chi connectivity index (χ4n) is 2.07. The van der Waals surface area contributed by atoms with Crippen LogP contribution in [-0.2, 0) is 6.42 Å². The maximum Gasteiger partial charge on any atom is 0.320 e. The van der Waals surface area contributed by atoms with E-state index in [9.17, 15) is 4.79 Å². The molecule has 0 fully saturated rings. The highest BCUT2D eigenvalue weighted by atomic mass is 16.2. The van der Waals surface area contributed by atoms with Crippen LogP contribution in [0.2, 0.25) is 0 Å². The molecule has 0 atom stereocenters. The molecule has 3 N–H and O–H groups in total. The maximum atomic E-state index is 11.9. The van der Waals surface area contributed by atoms with Gasteiger partial charge in [-0.05, 0) is 26.0 Å². The summed E-state index contributed by atoms with van der Waals surface area (Å²) in [7, 11) is 0. The maximum absolute atomic E-state index is 11.9. The van der Waals surface area contributed by atoms with E-state index in [1.54, 1.807) is 23.3 Å². The van der Waals surface area contributed by atoms with E-state index in [0.717, 1.165) is 5.56 Å². The lowest BCUT2D eigenvalue weighted by Crippen LogP contribution is -2.30. The lowest BCUT2D eigenvalue weighted by Gasteiger charge is -2.04. The van der Waals surface area contributed by atoms with Crippen molar-refractivity contribution in [1.29, 1.82) is 0 Å². The highest BCUT2D eigenvalue weighted by Gasteiger charge is 2.09. The van der Waals surface area contributed by atoms with Crippen molar-refractivity contribution < 1.29 is 4.79 Å². The summed E-state index contributed by atoms with van der Waals surface area (Å²) in [5.41, 5.74) is 0.837. The molecular weight excluding hydrogens is 322 g/mol. The number of hydrogen-bond donors (Lipinski definition) is 3. The largest absolute Gasteiger partial charge is 0.337 e. The van der Waals surface area contributed by atoms with Crippen LogP contribution in [0.15, 0.2) is 30.7 Å². The predicted molar refractivity (Wildman–Crippen MR) is 90.7 cm³/mol. The molecule has 3 rings (SSSR count). The Labute approximate surface area is 144 Å². The molecule has 0 aromatic carbocycles. The van der Waals surface area contributed by atoms with Gasteiger partial charge in [0.25, 0.3) is 0 Å². The van der Waals surface area contributed by atoms with Crippen molar-refractivity contribution in [2.45, 2.75) is 26.3 Å². The standard InChI is InChI=1S/C15H19N9O/c1-10(2)24-9-13(21-23-24)19-15(25)17-7-5-12-18-14(22-20-12)11-4-3-6-16-8-11/h3-4,6,8-10H,5,7H2,1-2H3,(H2,17,19,25)(H,18,20,22). The molecule has 0 bridgehead atoms. The number of urea groups is 1. The Bertz CT molecular complexity index is 824. The molecule has 0 radical (unpaired) electrons. The number of anilines is 1. The molecule has 0 spiro atoms. The zero-order valence-corrected chi connectivity index (χ0v) is 14.0. The van der Waals surface area contributed by atoms with E-state index < -0.39 is 0 Å². The molecule has 10 heteroatoms. The number of nitrogens with zero attached hydrogens (tertiary/aromatic N) is 6. The molecule has 0 saturated carbocycles. The van der Waals surface area contributed by atoms with Crippen molar-refractivity contribution in [3.8, 4) is 11.4 Å². The van der Waals surface area contributed by atoms with E-state index in [0.29, 0.717) is 30.4 Å². The third kappa shape index (κ3) is 4.37. The predicted octanol–water partition coefficient (Wildman–Crippen LogP) is 1.40. The lowest BCUT2D eigenvalue weighted by atomic mass is 10.3. The molecule has 130 valence electrons. The minimum absolute atomic E-state index is 0.187. The van der Waals surface area contributed by atoms with Crippen molar-refractivity contribution in [3.63, 3.8) is 0 Å². The van der Waals surface area contributed by atoms with Gasteiger partial charge in [0.2, 0.25) is 0 Å². The summed E-state index contributed by atoms with van der Waals surface area (Å²) in [4.78, 5) is 20.3. The van der Waals surface area contributed by atoms with Gasteiger partial charge in [-0.15, -0.1) is 5.10 Å². The van der Waals surface area contributed by atoms with E-state index in [2.05, 4.69) is 41.1 Å². The normalized spacial score (nSPS) is 10.8. The molecule has 2 amide bonds. The summed E-state index contributed by atoms with van der Waals surface area (Å²) in [6, 6.07) is 3.55. The smallest absolute Gasteiger partial charge is 0.320 e. The first kappa shape index (κ1) is 16.6. The van der Waals surface area contributed by atoms with Gasteiger partial charge in [0.1, 0.15) is 5.82 Å². The van der Waals surface area contributed by atoms with Crippen molar-refractivity contribution in [2.24, 2.45) is 0 Å². The van der Waals surface area contributed by atoms with Crippen LogP contribution in [-0.4, -0.2) is 47.7 Å². The Morgan fingerprint density at radius 2 is 2.28 bits per heavy atom. The van der Waals surface area contributed by atoms with Crippen LogP contribution >= 0.6 is 0 Å². The number of hydrogen-bond acceptors (Lipinski definition) is 6. The first-order valence-electron chi connectivity index (χ1n) is 7.90. The van der Waals surface area contributed by atoms with Crippen LogP contribution in [0.1, 0.15) is 25.7 Å². The quantitative estimate of drug-likeness (QED) is 0.622. The van der Waals surface area contributed by atoms with Gasteiger partial charge in [-0.25, -0.2) is 14.5 Å². The fraction of sp³-hybridized carbons (Fsp3) is 0.333. The number of carbonyl (C=O) groups excluding carboxylic acids is 1. The van der Waals surface area contributed by atoms with Gasteiger partial charge in [0.05, 0.1) is 6.20 Å². The Morgan fingerprint density at radius 1 is 1.40 bits per heavy atom. The zero-order valence-electron chi connectivity index (χ0n) is 14.0. The Morgan fingerprint density at radius 3 is 3.00 bits per heavy atom. The van der Waals surface area contributed by atoms with Crippen LogP contribution in [0.4, 0.5) is 10.6 Å². The molecule has 3 heterocycles. The number of nitrogens with one attached hydrogen (secondary N) is 3. The number of rotatable bonds is 6. The van der Waals surface area contributed by atoms with Crippen molar-refractivity contribution in [2.75, 3.05) is 11.9 Å². The van der Waals surface area contributed by atoms with Gasteiger partial charge in [-0.2, -0.15) is 5.10 Å². The van der Waals surface area contributed by atoms with E-state index in [1.807, 2.05) is 26.0 Å². The van der Waals surface area contributed by atoms with Crippen molar-refractivity contribution in [3.05, 3.63) is 36.5 Å². The topological polar surface area (TPSA) is 126 Å². The van der Waals surface area contributed by atoms with Crippen LogP contribution in [0.3, 0.4) is 0 Å². The monoisotopic (exact) mass is 341 g/mol. The number of aromatic nitrogens is 7. The molecule has 3 aromatic heterocycles. The van der Waals surface area contributed by atoms with Gasteiger partial charge < -0.3 is 5.32 Å². The number of pyridine rings is 1. The summed E-state index contributed by atoms with van der Waals surface area (Å²) in [6.07, 6.45) is 5.60. The first-order valence-corrected chi connectivity index (χ1v) is 7.90. The Kier molecular flexibility index (Phi) is 4.97. The molecule has 3 aromatic rings.